The van der Waals surface area contributed by atoms with Gasteiger partial charge in [0.05, 0.1) is 20.2 Å². The van der Waals surface area contributed by atoms with Crippen molar-refractivity contribution in [1.82, 2.24) is 4.90 Å². The van der Waals surface area contributed by atoms with E-state index in [9.17, 15) is 9.59 Å². The van der Waals surface area contributed by atoms with Crippen molar-refractivity contribution >= 4 is 23.2 Å². The van der Waals surface area contributed by atoms with Gasteiger partial charge in [0.2, 0.25) is 11.8 Å². The Morgan fingerprint density at radius 3 is 1.69 bits per heavy atom. The predicted molar refractivity (Wildman–Crippen MR) is 142 cm³/mol. The lowest BCUT2D eigenvalue weighted by atomic mass is 10.1. The van der Waals surface area contributed by atoms with Crippen LogP contribution in [0.15, 0.2) is 60.7 Å². The van der Waals surface area contributed by atoms with E-state index >= 15 is 0 Å². The second kappa shape index (κ2) is 12.2. The SMILES string of the molecule is COc1ccc(CCN(CC(=O)Nc2cc(C)ccc2C)CC(=O)Nc2cc(C)ccc2C)cc1. The maximum absolute atomic E-state index is 12.9. The molecule has 2 N–H and O–H groups in total. The highest BCUT2D eigenvalue weighted by Crippen LogP contribution is 2.18. The highest BCUT2D eigenvalue weighted by atomic mass is 16.5. The Kier molecular flexibility index (Phi) is 9.04. The molecule has 6 nitrogen and oxygen atoms in total. The molecule has 0 aliphatic rings. The van der Waals surface area contributed by atoms with Crippen molar-refractivity contribution in [3.8, 4) is 5.75 Å². The van der Waals surface area contributed by atoms with Crippen molar-refractivity contribution in [2.75, 3.05) is 37.4 Å². The molecule has 0 fully saturated rings. The summed E-state index contributed by atoms with van der Waals surface area (Å²) in [6.45, 7) is 8.71. The molecule has 0 unspecified atom stereocenters. The number of anilines is 2. The second-order valence-corrected chi connectivity index (χ2v) is 9.04. The molecule has 0 radical (unpaired) electrons. The molecule has 0 bridgehead atoms. The van der Waals surface area contributed by atoms with E-state index in [0.29, 0.717) is 13.0 Å². The third kappa shape index (κ3) is 7.97. The molecule has 184 valence electrons. The van der Waals surface area contributed by atoms with Gasteiger partial charge < -0.3 is 15.4 Å². The van der Waals surface area contributed by atoms with Crippen molar-refractivity contribution < 1.29 is 14.3 Å². The Morgan fingerprint density at radius 2 is 1.23 bits per heavy atom. The Labute approximate surface area is 208 Å². The monoisotopic (exact) mass is 473 g/mol. The number of amides is 2. The van der Waals surface area contributed by atoms with Crippen LogP contribution >= 0.6 is 0 Å². The van der Waals surface area contributed by atoms with Crippen LogP contribution in [0.4, 0.5) is 11.4 Å². The van der Waals surface area contributed by atoms with Crippen LogP contribution in [-0.4, -0.2) is 43.5 Å². The molecule has 3 aromatic rings. The van der Waals surface area contributed by atoms with Crippen LogP contribution in [0.2, 0.25) is 0 Å². The molecule has 6 heteroatoms. The van der Waals surface area contributed by atoms with Crippen LogP contribution in [0.1, 0.15) is 27.8 Å². The normalized spacial score (nSPS) is 10.8. The maximum Gasteiger partial charge on any atom is 0.238 e. The molecule has 0 saturated heterocycles. The molecule has 0 atom stereocenters. The van der Waals surface area contributed by atoms with Gasteiger partial charge in [-0.25, -0.2) is 0 Å². The number of carbonyl (C=O) groups is 2. The summed E-state index contributed by atoms with van der Waals surface area (Å²) in [5.41, 5.74) is 6.86. The van der Waals surface area contributed by atoms with E-state index in [2.05, 4.69) is 10.6 Å². The number of nitrogens with zero attached hydrogens (tertiary/aromatic N) is 1. The van der Waals surface area contributed by atoms with Crippen LogP contribution in [0.5, 0.6) is 5.75 Å². The molecule has 0 saturated carbocycles. The molecule has 35 heavy (non-hydrogen) atoms. The average Bonchev–Trinajstić information content (AvgIpc) is 2.82. The first-order valence-corrected chi connectivity index (χ1v) is 11.8. The minimum Gasteiger partial charge on any atom is -0.497 e. The average molecular weight is 474 g/mol. The van der Waals surface area contributed by atoms with Gasteiger partial charge in [0.25, 0.3) is 0 Å². The molecule has 0 spiro atoms. The molecule has 0 aromatic heterocycles. The molecule has 3 rings (SSSR count). The van der Waals surface area contributed by atoms with Crippen molar-refractivity contribution in [3.63, 3.8) is 0 Å². The summed E-state index contributed by atoms with van der Waals surface area (Å²) >= 11 is 0. The summed E-state index contributed by atoms with van der Waals surface area (Å²) in [5.74, 6) is 0.507. The standard InChI is InChI=1S/C29H35N3O3/c1-20-6-8-22(3)26(16-20)30-28(33)18-32(15-14-24-10-12-25(35-5)13-11-24)19-29(34)31-27-17-21(2)7-9-23(27)4/h6-13,16-17H,14-15,18-19H2,1-5H3,(H,30,33)(H,31,34). The highest BCUT2D eigenvalue weighted by molar-refractivity contribution is 5.95. The number of hydrogen-bond donors (Lipinski definition) is 2. The van der Waals surface area contributed by atoms with Gasteiger partial charge in [0.15, 0.2) is 0 Å². The zero-order chi connectivity index (χ0) is 25.4. The third-order valence-electron chi connectivity index (χ3n) is 5.94. The van der Waals surface area contributed by atoms with Gasteiger partial charge in [-0.1, -0.05) is 36.4 Å². The van der Waals surface area contributed by atoms with E-state index in [1.54, 1.807) is 7.11 Å². The van der Waals surface area contributed by atoms with E-state index in [-0.39, 0.29) is 24.9 Å². The fourth-order valence-corrected chi connectivity index (χ4v) is 3.82. The number of hydrogen-bond acceptors (Lipinski definition) is 4. The van der Waals surface area contributed by atoms with Crippen molar-refractivity contribution in [3.05, 3.63) is 88.5 Å². The van der Waals surface area contributed by atoms with Crippen molar-refractivity contribution in [2.24, 2.45) is 0 Å². The van der Waals surface area contributed by atoms with Gasteiger partial charge in [-0.2, -0.15) is 0 Å². The van der Waals surface area contributed by atoms with Gasteiger partial charge in [-0.15, -0.1) is 0 Å². The molecule has 0 heterocycles. The molecule has 3 aromatic carbocycles. The number of carbonyl (C=O) groups excluding carboxylic acids is 2. The highest BCUT2D eigenvalue weighted by Gasteiger charge is 2.16. The van der Waals surface area contributed by atoms with Crippen LogP contribution in [0.3, 0.4) is 0 Å². The minimum atomic E-state index is -0.145. The molecular formula is C29H35N3O3. The Morgan fingerprint density at radius 1 is 0.743 bits per heavy atom. The zero-order valence-corrected chi connectivity index (χ0v) is 21.3. The van der Waals surface area contributed by atoms with Gasteiger partial charge >= 0.3 is 0 Å². The largest absolute Gasteiger partial charge is 0.497 e. The van der Waals surface area contributed by atoms with E-state index in [1.165, 1.54) is 0 Å². The summed E-state index contributed by atoms with van der Waals surface area (Å²) in [6.07, 6.45) is 0.706. The number of methoxy groups -OCH3 is 1. The number of ether oxygens (including phenoxy) is 1. The lowest BCUT2D eigenvalue weighted by Crippen LogP contribution is -2.40. The summed E-state index contributed by atoms with van der Waals surface area (Å²) in [5, 5.41) is 6.01. The maximum atomic E-state index is 12.9. The topological polar surface area (TPSA) is 70.7 Å². The summed E-state index contributed by atoms with van der Waals surface area (Å²) in [4.78, 5) is 27.7. The van der Waals surface area contributed by atoms with Crippen molar-refractivity contribution in [1.29, 1.82) is 0 Å². The molecule has 0 aliphatic carbocycles. The van der Waals surface area contributed by atoms with Gasteiger partial charge in [-0.3, -0.25) is 14.5 Å². The van der Waals surface area contributed by atoms with E-state index in [0.717, 1.165) is 44.9 Å². The first kappa shape index (κ1) is 26.0. The number of nitrogens with one attached hydrogen (secondary N) is 2. The Balaban J connectivity index is 1.69. The fourth-order valence-electron chi connectivity index (χ4n) is 3.82. The van der Waals surface area contributed by atoms with Crippen LogP contribution in [-0.2, 0) is 16.0 Å². The quantitative estimate of drug-likeness (QED) is 0.432. The van der Waals surface area contributed by atoms with Gasteiger partial charge in [0, 0.05) is 17.9 Å². The Bertz CT molecular complexity index is 1100. The van der Waals surface area contributed by atoms with Crippen LogP contribution < -0.4 is 15.4 Å². The first-order chi connectivity index (χ1) is 16.7. The molecular weight excluding hydrogens is 438 g/mol. The zero-order valence-electron chi connectivity index (χ0n) is 21.3. The van der Waals surface area contributed by atoms with E-state index in [4.69, 9.17) is 4.74 Å². The lowest BCUT2D eigenvalue weighted by molar-refractivity contribution is -0.120. The van der Waals surface area contributed by atoms with Gasteiger partial charge in [0.1, 0.15) is 5.75 Å². The predicted octanol–water partition coefficient (Wildman–Crippen LogP) is 5.05. The van der Waals surface area contributed by atoms with Crippen molar-refractivity contribution in [2.45, 2.75) is 34.1 Å². The Hall–Kier alpha value is -3.64. The summed E-state index contributed by atoms with van der Waals surface area (Å²) < 4.78 is 5.23. The van der Waals surface area contributed by atoms with Gasteiger partial charge in [-0.05, 0) is 86.2 Å². The molecule has 0 aliphatic heterocycles. The summed E-state index contributed by atoms with van der Waals surface area (Å²) in [6, 6.07) is 19.8. The lowest BCUT2D eigenvalue weighted by Gasteiger charge is -2.22. The minimum absolute atomic E-state index is 0.115. The number of aryl methyl sites for hydroxylation is 4. The third-order valence-corrected chi connectivity index (χ3v) is 5.94. The van der Waals surface area contributed by atoms with E-state index in [1.807, 2.05) is 93.3 Å². The summed E-state index contributed by atoms with van der Waals surface area (Å²) in [7, 11) is 1.64. The van der Waals surface area contributed by atoms with E-state index < -0.39 is 0 Å². The van der Waals surface area contributed by atoms with Crippen LogP contribution in [0, 0.1) is 27.7 Å². The van der Waals surface area contributed by atoms with Crippen LogP contribution in [0.25, 0.3) is 0 Å². The second-order valence-electron chi connectivity index (χ2n) is 9.04. The number of rotatable bonds is 10. The number of benzene rings is 3. The first-order valence-electron chi connectivity index (χ1n) is 11.8. The molecule has 2 amide bonds. The smallest absolute Gasteiger partial charge is 0.238 e. The fraction of sp³-hybridized carbons (Fsp3) is 0.310.